The predicted octanol–water partition coefficient (Wildman–Crippen LogP) is 2.54. The molecule has 2 heteroatoms. The van der Waals surface area contributed by atoms with Crippen molar-refractivity contribution in [1.29, 1.82) is 0 Å². The van der Waals surface area contributed by atoms with Crippen molar-refractivity contribution in [2.75, 3.05) is 20.1 Å². The number of fused-ring (bicyclic) bond motifs is 1. The summed E-state index contributed by atoms with van der Waals surface area (Å²) in [4.78, 5) is 2.25. The van der Waals surface area contributed by atoms with Crippen LogP contribution in [0.2, 0.25) is 0 Å². The molecule has 0 heterocycles. The minimum absolute atomic E-state index is 0.712. The lowest BCUT2D eigenvalue weighted by Crippen LogP contribution is -2.24. The summed E-state index contributed by atoms with van der Waals surface area (Å²) in [5, 5.41) is 2.63. The highest BCUT2D eigenvalue weighted by Crippen LogP contribution is 2.18. The molecule has 0 unspecified atom stereocenters. The second-order valence-electron chi connectivity index (χ2n) is 4.71. The molecule has 0 aliphatic carbocycles. The van der Waals surface area contributed by atoms with Crippen LogP contribution < -0.4 is 5.73 Å². The van der Waals surface area contributed by atoms with Crippen LogP contribution in [0.15, 0.2) is 36.4 Å². The lowest BCUT2D eigenvalue weighted by Gasteiger charge is -2.15. The average Bonchev–Trinajstić information content (AvgIpc) is 2.29. The molecule has 0 saturated carbocycles. The van der Waals surface area contributed by atoms with Crippen molar-refractivity contribution in [3.63, 3.8) is 0 Å². The summed E-state index contributed by atoms with van der Waals surface area (Å²) in [6, 6.07) is 13.3. The lowest BCUT2D eigenvalue weighted by atomic mass is 10.0. The maximum absolute atomic E-state index is 5.55. The predicted molar refractivity (Wildman–Crippen MR) is 74.1 cm³/mol. The number of rotatable bonds is 4. The summed E-state index contributed by atoms with van der Waals surface area (Å²) in [6.07, 6.45) is 0. The van der Waals surface area contributed by atoms with E-state index in [9.17, 15) is 0 Å². The first-order valence-electron chi connectivity index (χ1n) is 6.07. The van der Waals surface area contributed by atoms with Crippen LogP contribution in [0, 0.1) is 6.92 Å². The highest BCUT2D eigenvalue weighted by Gasteiger charge is 2.01. The number of hydrogen-bond donors (Lipinski definition) is 1. The largest absolute Gasteiger partial charge is 0.329 e. The van der Waals surface area contributed by atoms with Crippen molar-refractivity contribution >= 4 is 10.8 Å². The summed E-state index contributed by atoms with van der Waals surface area (Å²) < 4.78 is 0. The summed E-state index contributed by atoms with van der Waals surface area (Å²) in [5.41, 5.74) is 8.20. The third-order valence-corrected chi connectivity index (χ3v) is 3.02. The molecule has 2 aromatic rings. The topological polar surface area (TPSA) is 29.3 Å². The summed E-state index contributed by atoms with van der Waals surface area (Å²) >= 11 is 0. The normalized spacial score (nSPS) is 11.3. The van der Waals surface area contributed by atoms with Crippen molar-refractivity contribution in [2.24, 2.45) is 5.73 Å². The molecule has 0 fully saturated rings. The zero-order chi connectivity index (χ0) is 12.3. The molecule has 0 aliphatic rings. The van der Waals surface area contributed by atoms with Gasteiger partial charge in [0.15, 0.2) is 0 Å². The van der Waals surface area contributed by atoms with Crippen molar-refractivity contribution in [1.82, 2.24) is 4.90 Å². The highest BCUT2D eigenvalue weighted by molar-refractivity contribution is 5.83. The van der Waals surface area contributed by atoms with E-state index in [4.69, 9.17) is 5.73 Å². The van der Waals surface area contributed by atoms with E-state index in [-0.39, 0.29) is 0 Å². The van der Waals surface area contributed by atoms with Gasteiger partial charge in [0.05, 0.1) is 0 Å². The molecule has 17 heavy (non-hydrogen) atoms. The maximum atomic E-state index is 5.55. The molecule has 90 valence electrons. The van der Waals surface area contributed by atoms with E-state index in [1.807, 2.05) is 0 Å². The van der Waals surface area contributed by atoms with Gasteiger partial charge in [-0.2, -0.15) is 0 Å². The minimum atomic E-state index is 0.712. The van der Waals surface area contributed by atoms with Crippen LogP contribution in [0.1, 0.15) is 11.1 Å². The van der Waals surface area contributed by atoms with Gasteiger partial charge in [0.2, 0.25) is 0 Å². The van der Waals surface area contributed by atoms with Gasteiger partial charge in [0, 0.05) is 19.6 Å². The molecule has 2 nitrogen and oxygen atoms in total. The van der Waals surface area contributed by atoms with E-state index in [2.05, 4.69) is 55.3 Å². The Morgan fingerprint density at radius 2 is 1.76 bits per heavy atom. The second-order valence-corrected chi connectivity index (χ2v) is 4.71. The van der Waals surface area contributed by atoms with E-state index in [1.165, 1.54) is 21.9 Å². The van der Waals surface area contributed by atoms with Gasteiger partial charge in [-0.3, -0.25) is 0 Å². The van der Waals surface area contributed by atoms with E-state index in [0.29, 0.717) is 6.54 Å². The molecule has 0 saturated heterocycles. The monoisotopic (exact) mass is 228 g/mol. The Bertz CT molecular complexity index is 505. The van der Waals surface area contributed by atoms with Crippen LogP contribution in [-0.4, -0.2) is 25.0 Å². The first-order valence-corrected chi connectivity index (χ1v) is 6.07. The van der Waals surface area contributed by atoms with Gasteiger partial charge in [-0.25, -0.2) is 0 Å². The standard InChI is InChI=1S/C15H20N2/c1-12-3-5-15-10-13(4-6-14(15)9-12)11-17(2)8-7-16/h3-6,9-10H,7-8,11,16H2,1-2H3. The van der Waals surface area contributed by atoms with E-state index >= 15 is 0 Å². The summed E-state index contributed by atoms with van der Waals surface area (Å²) in [6.45, 7) is 4.73. The molecule has 0 aromatic heterocycles. The van der Waals surface area contributed by atoms with Gasteiger partial charge < -0.3 is 10.6 Å². The SMILES string of the molecule is Cc1ccc2cc(CN(C)CCN)ccc2c1. The number of nitrogens with zero attached hydrogens (tertiary/aromatic N) is 1. The quantitative estimate of drug-likeness (QED) is 0.871. The Hall–Kier alpha value is -1.38. The first-order chi connectivity index (χ1) is 8.19. The van der Waals surface area contributed by atoms with E-state index in [1.54, 1.807) is 0 Å². The lowest BCUT2D eigenvalue weighted by molar-refractivity contribution is 0.336. The van der Waals surface area contributed by atoms with Crippen LogP contribution in [0.5, 0.6) is 0 Å². The molecule has 0 aliphatic heterocycles. The molecule has 0 radical (unpaired) electrons. The zero-order valence-corrected chi connectivity index (χ0v) is 10.6. The smallest absolute Gasteiger partial charge is 0.0231 e. The summed E-state index contributed by atoms with van der Waals surface area (Å²) in [7, 11) is 2.10. The van der Waals surface area contributed by atoms with Gasteiger partial charge in [-0.1, -0.05) is 35.9 Å². The Labute approximate surface area is 103 Å². The molecular weight excluding hydrogens is 208 g/mol. The zero-order valence-electron chi connectivity index (χ0n) is 10.6. The number of nitrogens with two attached hydrogens (primary N) is 1. The number of hydrogen-bond acceptors (Lipinski definition) is 2. The van der Waals surface area contributed by atoms with Gasteiger partial charge in [0.25, 0.3) is 0 Å². The molecule has 0 bridgehead atoms. The fourth-order valence-electron chi connectivity index (χ4n) is 2.12. The van der Waals surface area contributed by atoms with Crippen molar-refractivity contribution in [3.05, 3.63) is 47.5 Å². The van der Waals surface area contributed by atoms with Crippen LogP contribution >= 0.6 is 0 Å². The fourth-order valence-corrected chi connectivity index (χ4v) is 2.12. The highest BCUT2D eigenvalue weighted by atomic mass is 15.1. The molecular formula is C15H20N2. The Balaban J connectivity index is 2.23. The van der Waals surface area contributed by atoms with Gasteiger partial charge in [-0.05, 0) is 36.4 Å². The van der Waals surface area contributed by atoms with Crippen LogP contribution in [0.25, 0.3) is 10.8 Å². The number of benzene rings is 2. The first kappa shape index (κ1) is 12.1. The fraction of sp³-hybridized carbons (Fsp3) is 0.333. The van der Waals surface area contributed by atoms with Crippen LogP contribution in [-0.2, 0) is 6.54 Å². The third-order valence-electron chi connectivity index (χ3n) is 3.02. The van der Waals surface area contributed by atoms with Gasteiger partial charge >= 0.3 is 0 Å². The van der Waals surface area contributed by atoms with Crippen molar-refractivity contribution in [3.8, 4) is 0 Å². The average molecular weight is 228 g/mol. The van der Waals surface area contributed by atoms with E-state index < -0.39 is 0 Å². The number of aryl methyl sites for hydroxylation is 1. The van der Waals surface area contributed by atoms with Crippen molar-refractivity contribution < 1.29 is 0 Å². The Morgan fingerprint density at radius 1 is 1.06 bits per heavy atom. The Kier molecular flexibility index (Phi) is 3.77. The molecule has 0 amide bonds. The molecule has 0 spiro atoms. The minimum Gasteiger partial charge on any atom is -0.329 e. The van der Waals surface area contributed by atoms with Crippen LogP contribution in [0.3, 0.4) is 0 Å². The number of likely N-dealkylation sites (N-methyl/N-ethyl adjacent to an activating group) is 1. The molecule has 2 N–H and O–H groups in total. The second kappa shape index (κ2) is 5.30. The van der Waals surface area contributed by atoms with Gasteiger partial charge in [-0.15, -0.1) is 0 Å². The van der Waals surface area contributed by atoms with Crippen molar-refractivity contribution in [2.45, 2.75) is 13.5 Å². The molecule has 2 rings (SSSR count). The third kappa shape index (κ3) is 3.05. The molecule has 2 aromatic carbocycles. The van der Waals surface area contributed by atoms with Gasteiger partial charge in [0.1, 0.15) is 0 Å². The van der Waals surface area contributed by atoms with E-state index in [0.717, 1.165) is 13.1 Å². The molecule has 0 atom stereocenters. The van der Waals surface area contributed by atoms with Crippen LogP contribution in [0.4, 0.5) is 0 Å². The Morgan fingerprint density at radius 3 is 2.53 bits per heavy atom. The maximum Gasteiger partial charge on any atom is 0.0231 e. The summed E-state index contributed by atoms with van der Waals surface area (Å²) in [5.74, 6) is 0.